The SMILES string of the molecule is Cn1c(=O)c(C#N)c(N2CCC(Sc3ccccc3)CC2)c2ccc(Br)cc21. The molecule has 28 heavy (non-hydrogen) atoms. The van der Waals surface area contributed by atoms with Crippen LogP contribution in [0.15, 0.2) is 62.7 Å². The fraction of sp³-hybridized carbons (Fsp3) is 0.273. The van der Waals surface area contributed by atoms with Crippen LogP contribution in [0, 0.1) is 11.3 Å². The van der Waals surface area contributed by atoms with Crippen LogP contribution >= 0.6 is 27.7 Å². The molecule has 1 saturated heterocycles. The summed E-state index contributed by atoms with van der Waals surface area (Å²) in [6.07, 6.45) is 2.05. The van der Waals surface area contributed by atoms with Gasteiger partial charge in [-0.3, -0.25) is 4.79 Å². The molecule has 0 radical (unpaired) electrons. The number of nitriles is 1. The molecule has 0 spiro atoms. The number of fused-ring (bicyclic) bond motifs is 1. The van der Waals surface area contributed by atoms with Crippen molar-refractivity contribution in [3.63, 3.8) is 0 Å². The molecular weight excluding hydrogens is 434 g/mol. The molecule has 1 aliphatic heterocycles. The Kier molecular flexibility index (Phi) is 5.47. The topological polar surface area (TPSA) is 49.0 Å². The minimum atomic E-state index is -0.233. The highest BCUT2D eigenvalue weighted by molar-refractivity contribution is 9.10. The number of thioether (sulfide) groups is 1. The lowest BCUT2D eigenvalue weighted by Crippen LogP contribution is -2.37. The van der Waals surface area contributed by atoms with Crippen LogP contribution < -0.4 is 10.5 Å². The lowest BCUT2D eigenvalue weighted by molar-refractivity contribution is 0.591. The van der Waals surface area contributed by atoms with E-state index in [4.69, 9.17) is 0 Å². The maximum absolute atomic E-state index is 12.8. The molecule has 2 aromatic carbocycles. The first-order valence-electron chi connectivity index (χ1n) is 9.27. The van der Waals surface area contributed by atoms with Gasteiger partial charge in [0.2, 0.25) is 0 Å². The van der Waals surface area contributed by atoms with Crippen LogP contribution in [0.1, 0.15) is 18.4 Å². The Morgan fingerprint density at radius 3 is 2.54 bits per heavy atom. The van der Waals surface area contributed by atoms with Crippen LogP contribution in [0.25, 0.3) is 10.9 Å². The number of anilines is 1. The zero-order valence-corrected chi connectivity index (χ0v) is 18.0. The number of hydrogen-bond acceptors (Lipinski definition) is 4. The zero-order chi connectivity index (χ0) is 19.7. The average molecular weight is 454 g/mol. The van der Waals surface area contributed by atoms with Gasteiger partial charge in [-0.2, -0.15) is 5.26 Å². The van der Waals surface area contributed by atoms with Crippen LogP contribution in [-0.2, 0) is 7.05 Å². The van der Waals surface area contributed by atoms with E-state index in [0.717, 1.165) is 47.0 Å². The van der Waals surface area contributed by atoms with Crippen LogP contribution in [0.2, 0.25) is 0 Å². The number of piperidine rings is 1. The predicted molar refractivity (Wildman–Crippen MR) is 119 cm³/mol. The van der Waals surface area contributed by atoms with E-state index >= 15 is 0 Å². The van der Waals surface area contributed by atoms with E-state index in [1.165, 1.54) is 4.90 Å². The van der Waals surface area contributed by atoms with Gasteiger partial charge in [-0.05, 0) is 43.2 Å². The Labute approximate surface area is 176 Å². The summed E-state index contributed by atoms with van der Waals surface area (Å²) in [7, 11) is 1.73. The van der Waals surface area contributed by atoms with Crippen molar-refractivity contribution >= 4 is 44.3 Å². The monoisotopic (exact) mass is 453 g/mol. The van der Waals surface area contributed by atoms with Gasteiger partial charge in [0.15, 0.2) is 0 Å². The first-order valence-corrected chi connectivity index (χ1v) is 10.9. The van der Waals surface area contributed by atoms with Crippen LogP contribution in [0.4, 0.5) is 5.69 Å². The number of benzene rings is 2. The maximum Gasteiger partial charge on any atom is 0.270 e. The van der Waals surface area contributed by atoms with Crippen LogP contribution in [0.3, 0.4) is 0 Å². The molecule has 0 aliphatic carbocycles. The standard InChI is InChI=1S/C22H20BrN3OS/c1-25-20-13-15(23)7-8-18(20)21(19(14-24)22(25)27)26-11-9-17(10-12-26)28-16-5-3-2-4-6-16/h2-8,13,17H,9-12H2,1H3. The fourth-order valence-corrected chi connectivity index (χ4v) is 5.31. The third kappa shape index (κ3) is 3.57. The van der Waals surface area contributed by atoms with Gasteiger partial charge >= 0.3 is 0 Å². The smallest absolute Gasteiger partial charge is 0.270 e. The quantitative estimate of drug-likeness (QED) is 0.563. The molecule has 0 amide bonds. The molecule has 4 rings (SSSR count). The van der Waals surface area contributed by atoms with E-state index in [9.17, 15) is 10.1 Å². The van der Waals surface area contributed by atoms with Gasteiger partial charge in [-0.15, -0.1) is 11.8 Å². The molecule has 2 heterocycles. The molecule has 0 saturated carbocycles. The summed E-state index contributed by atoms with van der Waals surface area (Å²) in [6.45, 7) is 1.69. The van der Waals surface area contributed by atoms with Gasteiger partial charge < -0.3 is 9.47 Å². The summed E-state index contributed by atoms with van der Waals surface area (Å²) < 4.78 is 2.49. The number of rotatable bonds is 3. The third-order valence-electron chi connectivity index (χ3n) is 5.25. The molecular formula is C22H20BrN3OS. The number of hydrogen-bond donors (Lipinski definition) is 0. The Balaban J connectivity index is 1.66. The van der Waals surface area contributed by atoms with Gasteiger partial charge in [0.05, 0.1) is 11.2 Å². The largest absolute Gasteiger partial charge is 0.370 e. The molecule has 1 aromatic heterocycles. The van der Waals surface area contributed by atoms with Crippen LogP contribution in [-0.4, -0.2) is 22.9 Å². The summed E-state index contributed by atoms with van der Waals surface area (Å²) in [5.41, 5.74) is 1.64. The second kappa shape index (κ2) is 8.02. The fourth-order valence-electron chi connectivity index (χ4n) is 3.81. The van der Waals surface area contributed by atoms with E-state index < -0.39 is 0 Å². The summed E-state index contributed by atoms with van der Waals surface area (Å²) in [5.74, 6) is 0. The number of aryl methyl sites for hydroxylation is 1. The van der Waals surface area contributed by atoms with Crippen molar-refractivity contribution in [2.24, 2.45) is 7.05 Å². The number of nitrogens with zero attached hydrogens (tertiary/aromatic N) is 3. The average Bonchev–Trinajstić information content (AvgIpc) is 2.72. The Morgan fingerprint density at radius 1 is 1.14 bits per heavy atom. The van der Waals surface area contributed by atoms with Crippen molar-refractivity contribution in [3.8, 4) is 6.07 Å². The van der Waals surface area contributed by atoms with E-state index in [1.807, 2.05) is 36.0 Å². The van der Waals surface area contributed by atoms with E-state index in [0.29, 0.717) is 5.25 Å². The first kappa shape index (κ1) is 19.1. The van der Waals surface area contributed by atoms with E-state index in [-0.39, 0.29) is 11.1 Å². The highest BCUT2D eigenvalue weighted by Gasteiger charge is 2.25. The van der Waals surface area contributed by atoms with Crippen molar-refractivity contribution in [2.45, 2.75) is 23.0 Å². The molecule has 1 aliphatic rings. The molecule has 0 unspecified atom stereocenters. The molecule has 1 fully saturated rings. The molecule has 6 heteroatoms. The number of pyridine rings is 1. The van der Waals surface area contributed by atoms with Gasteiger partial charge in [-0.25, -0.2) is 0 Å². The number of aromatic nitrogens is 1. The highest BCUT2D eigenvalue weighted by atomic mass is 79.9. The maximum atomic E-state index is 12.8. The zero-order valence-electron chi connectivity index (χ0n) is 15.6. The molecule has 4 nitrogen and oxygen atoms in total. The molecule has 0 atom stereocenters. The lowest BCUT2D eigenvalue weighted by atomic mass is 10.0. The van der Waals surface area contributed by atoms with Gasteiger partial charge in [-0.1, -0.05) is 34.1 Å². The van der Waals surface area contributed by atoms with Crippen molar-refractivity contribution in [3.05, 3.63) is 68.9 Å². The molecule has 142 valence electrons. The minimum absolute atomic E-state index is 0.233. The van der Waals surface area contributed by atoms with Crippen molar-refractivity contribution in [1.29, 1.82) is 5.26 Å². The first-order chi connectivity index (χ1) is 13.6. The van der Waals surface area contributed by atoms with Crippen LogP contribution in [0.5, 0.6) is 0 Å². The number of halogens is 1. The van der Waals surface area contributed by atoms with Gasteiger partial charge in [0, 0.05) is 40.1 Å². The second-order valence-corrected chi connectivity index (χ2v) is 9.27. The van der Waals surface area contributed by atoms with Gasteiger partial charge in [0.25, 0.3) is 5.56 Å². The van der Waals surface area contributed by atoms with E-state index in [1.54, 1.807) is 11.6 Å². The van der Waals surface area contributed by atoms with Crippen molar-refractivity contribution < 1.29 is 0 Å². The Bertz CT molecular complexity index is 1110. The summed E-state index contributed by atoms with van der Waals surface area (Å²) in [6, 6.07) is 18.6. The summed E-state index contributed by atoms with van der Waals surface area (Å²) >= 11 is 5.41. The Morgan fingerprint density at radius 2 is 1.86 bits per heavy atom. The normalized spacial score (nSPS) is 15.0. The minimum Gasteiger partial charge on any atom is -0.370 e. The molecule has 0 N–H and O–H groups in total. The van der Waals surface area contributed by atoms with Crippen molar-refractivity contribution in [1.82, 2.24) is 4.57 Å². The van der Waals surface area contributed by atoms with Gasteiger partial charge in [0.1, 0.15) is 11.6 Å². The second-order valence-electron chi connectivity index (χ2n) is 6.98. The summed E-state index contributed by atoms with van der Waals surface area (Å²) in [4.78, 5) is 16.3. The highest BCUT2D eigenvalue weighted by Crippen LogP contribution is 2.35. The lowest BCUT2D eigenvalue weighted by Gasteiger charge is -2.34. The third-order valence-corrected chi connectivity index (χ3v) is 7.09. The molecule has 0 bridgehead atoms. The predicted octanol–water partition coefficient (Wildman–Crippen LogP) is 4.93. The molecule has 3 aromatic rings. The summed E-state index contributed by atoms with van der Waals surface area (Å²) in [5, 5.41) is 11.2. The van der Waals surface area contributed by atoms with E-state index in [2.05, 4.69) is 51.2 Å². The Hall–Kier alpha value is -2.23. The van der Waals surface area contributed by atoms with Crippen molar-refractivity contribution in [2.75, 3.05) is 18.0 Å².